The predicted octanol–water partition coefficient (Wildman–Crippen LogP) is 2.41. The van der Waals surface area contributed by atoms with E-state index in [4.69, 9.17) is 6.42 Å². The van der Waals surface area contributed by atoms with Gasteiger partial charge in [0.05, 0.1) is 6.54 Å². The summed E-state index contributed by atoms with van der Waals surface area (Å²) >= 11 is 0. The highest BCUT2D eigenvalue weighted by Gasteiger charge is 1.94. The molecular weight excluding hydrogens is 196 g/mol. The molecule has 2 heteroatoms. The fourth-order valence-electron chi connectivity index (χ4n) is 1.62. The van der Waals surface area contributed by atoms with E-state index < -0.39 is 0 Å². The lowest BCUT2D eigenvalue weighted by atomic mass is 10.0. The molecule has 94 valence electrons. The van der Waals surface area contributed by atoms with Gasteiger partial charge < -0.3 is 10.6 Å². The molecule has 0 heterocycles. The van der Waals surface area contributed by atoms with Crippen LogP contribution in [0.25, 0.3) is 0 Å². The molecule has 0 saturated carbocycles. The third kappa shape index (κ3) is 13.5. The summed E-state index contributed by atoms with van der Waals surface area (Å²) in [5.74, 6) is 3.42. The molecule has 0 aliphatic rings. The minimum absolute atomic E-state index is 0.677. The Morgan fingerprint density at radius 2 is 1.62 bits per heavy atom. The van der Waals surface area contributed by atoms with E-state index in [-0.39, 0.29) is 0 Å². The van der Waals surface area contributed by atoms with Crippen LogP contribution in [0.4, 0.5) is 0 Å². The Morgan fingerprint density at radius 3 is 2.31 bits per heavy atom. The standard InChI is InChI=1S/C14H28N2/c1-4-10-15-12-13-16-11-8-6-5-7-9-14(2)3/h1,14-16H,5-13H2,2-3H3. The van der Waals surface area contributed by atoms with Crippen molar-refractivity contribution in [3.63, 3.8) is 0 Å². The molecule has 0 fully saturated rings. The molecule has 0 aromatic rings. The van der Waals surface area contributed by atoms with Crippen molar-refractivity contribution in [3.05, 3.63) is 0 Å². The molecule has 2 nitrogen and oxygen atoms in total. The average molecular weight is 224 g/mol. The Hall–Kier alpha value is -0.520. The van der Waals surface area contributed by atoms with E-state index in [2.05, 4.69) is 30.4 Å². The number of rotatable bonds is 11. The van der Waals surface area contributed by atoms with E-state index >= 15 is 0 Å². The molecule has 0 unspecified atom stereocenters. The van der Waals surface area contributed by atoms with Crippen molar-refractivity contribution in [2.45, 2.75) is 46.0 Å². The van der Waals surface area contributed by atoms with Crippen molar-refractivity contribution in [2.75, 3.05) is 26.2 Å². The number of hydrogen-bond donors (Lipinski definition) is 2. The van der Waals surface area contributed by atoms with Crippen molar-refractivity contribution < 1.29 is 0 Å². The molecule has 0 spiro atoms. The lowest BCUT2D eigenvalue weighted by Crippen LogP contribution is -2.28. The Bertz CT molecular complexity index is 170. The van der Waals surface area contributed by atoms with Crippen LogP contribution < -0.4 is 10.6 Å². The van der Waals surface area contributed by atoms with Crippen molar-refractivity contribution in [3.8, 4) is 12.3 Å². The summed E-state index contributed by atoms with van der Waals surface area (Å²) < 4.78 is 0. The summed E-state index contributed by atoms with van der Waals surface area (Å²) in [5, 5.41) is 6.57. The van der Waals surface area contributed by atoms with Crippen LogP contribution in [0.2, 0.25) is 0 Å². The van der Waals surface area contributed by atoms with Crippen LogP contribution in [-0.4, -0.2) is 26.2 Å². The smallest absolute Gasteiger partial charge is 0.0574 e. The van der Waals surface area contributed by atoms with Gasteiger partial charge in [-0.3, -0.25) is 0 Å². The maximum Gasteiger partial charge on any atom is 0.0574 e. The summed E-state index contributed by atoms with van der Waals surface area (Å²) in [6, 6.07) is 0. The summed E-state index contributed by atoms with van der Waals surface area (Å²) in [7, 11) is 0. The van der Waals surface area contributed by atoms with E-state index in [1.54, 1.807) is 0 Å². The zero-order valence-corrected chi connectivity index (χ0v) is 11.0. The van der Waals surface area contributed by atoms with Crippen LogP contribution in [0.3, 0.4) is 0 Å². The molecule has 2 N–H and O–H groups in total. The highest BCUT2D eigenvalue weighted by atomic mass is 14.9. The quantitative estimate of drug-likeness (QED) is 0.416. The Labute approximate surface area is 102 Å². The molecular formula is C14H28N2. The maximum absolute atomic E-state index is 5.13. The van der Waals surface area contributed by atoms with Crippen molar-refractivity contribution in [1.82, 2.24) is 10.6 Å². The second-order valence-corrected chi connectivity index (χ2v) is 4.73. The van der Waals surface area contributed by atoms with Gasteiger partial charge >= 0.3 is 0 Å². The number of hydrogen-bond acceptors (Lipinski definition) is 2. The zero-order chi connectivity index (χ0) is 12.1. The molecule has 0 radical (unpaired) electrons. The largest absolute Gasteiger partial charge is 0.315 e. The van der Waals surface area contributed by atoms with Gasteiger partial charge in [0.1, 0.15) is 0 Å². The summed E-state index contributed by atoms with van der Waals surface area (Å²) in [6.45, 7) is 8.40. The van der Waals surface area contributed by atoms with Gasteiger partial charge in [0.15, 0.2) is 0 Å². The van der Waals surface area contributed by atoms with Gasteiger partial charge in [0.2, 0.25) is 0 Å². The van der Waals surface area contributed by atoms with Crippen molar-refractivity contribution >= 4 is 0 Å². The lowest BCUT2D eigenvalue weighted by molar-refractivity contribution is 0.511. The lowest BCUT2D eigenvalue weighted by Gasteiger charge is -2.06. The minimum Gasteiger partial charge on any atom is -0.315 e. The fraction of sp³-hybridized carbons (Fsp3) is 0.857. The first-order valence-corrected chi connectivity index (χ1v) is 6.62. The third-order valence-electron chi connectivity index (χ3n) is 2.59. The summed E-state index contributed by atoms with van der Waals surface area (Å²) in [4.78, 5) is 0. The van der Waals surface area contributed by atoms with E-state index in [1.165, 1.54) is 32.1 Å². The number of nitrogens with one attached hydrogen (secondary N) is 2. The highest BCUT2D eigenvalue weighted by molar-refractivity contribution is 4.86. The second-order valence-electron chi connectivity index (χ2n) is 4.73. The van der Waals surface area contributed by atoms with E-state index in [9.17, 15) is 0 Å². The topological polar surface area (TPSA) is 24.1 Å². The van der Waals surface area contributed by atoms with Crippen molar-refractivity contribution in [2.24, 2.45) is 5.92 Å². The van der Waals surface area contributed by atoms with Gasteiger partial charge in [-0.05, 0) is 18.9 Å². The number of unbranched alkanes of at least 4 members (excludes halogenated alkanes) is 3. The van der Waals surface area contributed by atoms with Gasteiger partial charge in [0.25, 0.3) is 0 Å². The maximum atomic E-state index is 5.13. The molecule has 0 aliphatic heterocycles. The molecule has 0 aromatic carbocycles. The van der Waals surface area contributed by atoms with Gasteiger partial charge in [0, 0.05) is 13.1 Å². The van der Waals surface area contributed by atoms with Crippen LogP contribution in [-0.2, 0) is 0 Å². The van der Waals surface area contributed by atoms with Gasteiger partial charge in [-0.2, -0.15) is 0 Å². The van der Waals surface area contributed by atoms with Crippen LogP contribution in [0.5, 0.6) is 0 Å². The predicted molar refractivity (Wildman–Crippen MR) is 72.5 cm³/mol. The van der Waals surface area contributed by atoms with E-state index in [0.717, 1.165) is 25.6 Å². The summed E-state index contributed by atoms with van der Waals surface area (Å²) in [5.41, 5.74) is 0. The van der Waals surface area contributed by atoms with Gasteiger partial charge in [-0.25, -0.2) is 0 Å². The van der Waals surface area contributed by atoms with Crippen molar-refractivity contribution in [1.29, 1.82) is 0 Å². The first-order valence-electron chi connectivity index (χ1n) is 6.62. The monoisotopic (exact) mass is 224 g/mol. The van der Waals surface area contributed by atoms with E-state index in [0.29, 0.717) is 6.54 Å². The van der Waals surface area contributed by atoms with Crippen LogP contribution in [0, 0.1) is 18.3 Å². The highest BCUT2D eigenvalue weighted by Crippen LogP contribution is 2.08. The van der Waals surface area contributed by atoms with E-state index in [1.807, 2.05) is 0 Å². The normalized spacial score (nSPS) is 10.6. The first-order chi connectivity index (χ1) is 7.77. The summed E-state index contributed by atoms with van der Waals surface area (Å²) in [6.07, 6.45) is 11.9. The molecule has 16 heavy (non-hydrogen) atoms. The molecule has 0 aromatic heterocycles. The van der Waals surface area contributed by atoms with Crippen LogP contribution in [0.1, 0.15) is 46.0 Å². The molecule has 0 aliphatic carbocycles. The molecule has 0 amide bonds. The van der Waals surface area contributed by atoms with Crippen LogP contribution in [0.15, 0.2) is 0 Å². The molecule has 0 saturated heterocycles. The number of terminal acetylenes is 1. The SMILES string of the molecule is C#CCNCCNCCCCCCC(C)C. The van der Waals surface area contributed by atoms with Gasteiger partial charge in [-0.15, -0.1) is 6.42 Å². The fourth-order valence-corrected chi connectivity index (χ4v) is 1.62. The molecule has 0 rings (SSSR count). The second kappa shape index (κ2) is 12.5. The Kier molecular flexibility index (Phi) is 12.1. The minimum atomic E-state index is 0.677. The van der Waals surface area contributed by atoms with Gasteiger partial charge in [-0.1, -0.05) is 45.5 Å². The zero-order valence-electron chi connectivity index (χ0n) is 11.0. The average Bonchev–Trinajstić information content (AvgIpc) is 2.25. The first kappa shape index (κ1) is 15.5. The van der Waals surface area contributed by atoms with Crippen LogP contribution >= 0.6 is 0 Å². The molecule has 0 bridgehead atoms. The Morgan fingerprint density at radius 1 is 0.938 bits per heavy atom. The Balaban J connectivity index is 2.91. The molecule has 0 atom stereocenters. The third-order valence-corrected chi connectivity index (χ3v) is 2.59.